The minimum absolute atomic E-state index is 0.00986. The zero-order valence-corrected chi connectivity index (χ0v) is 12.6. The zero-order chi connectivity index (χ0) is 14.8. The number of likely N-dealkylation sites (tertiary alicyclic amines) is 1. The van der Waals surface area contributed by atoms with Gasteiger partial charge in [-0.05, 0) is 51.3 Å². The van der Waals surface area contributed by atoms with Crippen LogP contribution < -0.4 is 5.32 Å². The van der Waals surface area contributed by atoms with Crippen LogP contribution in [0.4, 0.5) is 4.39 Å². The van der Waals surface area contributed by atoms with Crippen LogP contribution in [0.5, 0.6) is 5.75 Å². The molecule has 112 valence electrons. The molecule has 0 atom stereocenters. The van der Waals surface area contributed by atoms with Crippen molar-refractivity contribution in [2.75, 3.05) is 13.1 Å². The van der Waals surface area contributed by atoms with Crippen LogP contribution in [0.2, 0.25) is 0 Å². The number of aromatic hydroxyl groups is 1. The van der Waals surface area contributed by atoms with Gasteiger partial charge in [-0.25, -0.2) is 4.39 Å². The number of hydrogen-bond acceptors (Lipinski definition) is 3. The summed E-state index contributed by atoms with van der Waals surface area (Å²) in [5.41, 5.74) is 1.03. The number of phenolic OH excluding ortho intramolecular Hbond substituents is 1. The van der Waals surface area contributed by atoms with Crippen molar-refractivity contribution in [1.82, 2.24) is 10.2 Å². The number of halogens is 1. The highest BCUT2D eigenvalue weighted by Crippen LogP contribution is 2.20. The van der Waals surface area contributed by atoms with Gasteiger partial charge in [0.2, 0.25) is 0 Å². The van der Waals surface area contributed by atoms with E-state index in [0.29, 0.717) is 12.6 Å². The van der Waals surface area contributed by atoms with Gasteiger partial charge in [0.1, 0.15) is 11.6 Å². The lowest BCUT2D eigenvalue weighted by atomic mass is 9.98. The molecule has 1 aliphatic heterocycles. The van der Waals surface area contributed by atoms with Crippen molar-refractivity contribution in [2.24, 2.45) is 0 Å². The third-order valence-electron chi connectivity index (χ3n) is 3.98. The van der Waals surface area contributed by atoms with Gasteiger partial charge in [-0.3, -0.25) is 4.90 Å². The summed E-state index contributed by atoms with van der Waals surface area (Å²) in [6, 6.07) is 4.68. The molecule has 1 fully saturated rings. The highest BCUT2D eigenvalue weighted by molar-refractivity contribution is 5.28. The summed E-state index contributed by atoms with van der Waals surface area (Å²) in [6.07, 6.45) is 2.22. The lowest BCUT2D eigenvalue weighted by molar-refractivity contribution is 0.0960. The smallest absolute Gasteiger partial charge is 0.127 e. The van der Waals surface area contributed by atoms with E-state index in [0.717, 1.165) is 37.6 Å². The number of nitrogens with zero attached hydrogens (tertiary/aromatic N) is 1. The topological polar surface area (TPSA) is 35.5 Å². The van der Waals surface area contributed by atoms with Crippen LogP contribution in [0.1, 0.15) is 39.2 Å². The number of hydrogen-bond donors (Lipinski definition) is 2. The van der Waals surface area contributed by atoms with Gasteiger partial charge in [-0.15, -0.1) is 0 Å². The highest BCUT2D eigenvalue weighted by atomic mass is 19.1. The Kier molecular flexibility index (Phi) is 4.66. The van der Waals surface area contributed by atoms with E-state index >= 15 is 0 Å². The zero-order valence-electron chi connectivity index (χ0n) is 12.6. The molecule has 1 heterocycles. The lowest BCUT2D eigenvalue weighted by Crippen LogP contribution is -2.49. The Morgan fingerprint density at radius 3 is 2.45 bits per heavy atom. The first-order chi connectivity index (χ1) is 9.34. The van der Waals surface area contributed by atoms with Crippen molar-refractivity contribution in [3.8, 4) is 5.75 Å². The Morgan fingerprint density at radius 2 is 1.90 bits per heavy atom. The summed E-state index contributed by atoms with van der Waals surface area (Å²) in [5, 5.41) is 12.8. The van der Waals surface area contributed by atoms with E-state index in [1.54, 1.807) is 6.07 Å². The van der Waals surface area contributed by atoms with Gasteiger partial charge in [0, 0.05) is 37.3 Å². The summed E-state index contributed by atoms with van der Waals surface area (Å²) in [7, 11) is 0. The SMILES string of the molecule is CC(C)(C)N1CCC(NCc2cc(O)cc(F)c2)CC1. The van der Waals surface area contributed by atoms with Gasteiger partial charge in [-0.2, -0.15) is 0 Å². The molecule has 3 nitrogen and oxygen atoms in total. The van der Waals surface area contributed by atoms with Gasteiger partial charge in [0.25, 0.3) is 0 Å². The maximum Gasteiger partial charge on any atom is 0.127 e. The fourth-order valence-corrected chi connectivity index (χ4v) is 2.75. The van der Waals surface area contributed by atoms with Crippen LogP contribution in [0.3, 0.4) is 0 Å². The van der Waals surface area contributed by atoms with Crippen molar-refractivity contribution in [3.05, 3.63) is 29.6 Å². The molecule has 0 bridgehead atoms. The maximum absolute atomic E-state index is 13.2. The number of phenols is 1. The molecule has 1 aromatic rings. The summed E-state index contributed by atoms with van der Waals surface area (Å²) in [6.45, 7) is 9.53. The first-order valence-electron chi connectivity index (χ1n) is 7.31. The molecule has 0 unspecified atom stereocenters. The quantitative estimate of drug-likeness (QED) is 0.893. The average Bonchev–Trinajstić information content (AvgIpc) is 2.35. The molecule has 1 aliphatic rings. The fraction of sp³-hybridized carbons (Fsp3) is 0.625. The van der Waals surface area contributed by atoms with Gasteiger partial charge < -0.3 is 10.4 Å². The molecule has 1 aromatic carbocycles. The summed E-state index contributed by atoms with van der Waals surface area (Å²) in [5.74, 6) is -0.395. The van der Waals surface area contributed by atoms with Gasteiger partial charge in [0.05, 0.1) is 0 Å². The Balaban J connectivity index is 1.81. The minimum atomic E-state index is -0.385. The Bertz CT molecular complexity index is 428. The predicted molar refractivity (Wildman–Crippen MR) is 79.3 cm³/mol. The number of nitrogens with one attached hydrogen (secondary N) is 1. The van der Waals surface area contributed by atoms with Crippen LogP contribution >= 0.6 is 0 Å². The Hall–Kier alpha value is -1.13. The first kappa shape index (κ1) is 15.3. The molecule has 0 amide bonds. The molecule has 2 N–H and O–H groups in total. The van der Waals surface area contributed by atoms with Gasteiger partial charge in [-0.1, -0.05) is 0 Å². The number of rotatable bonds is 3. The van der Waals surface area contributed by atoms with E-state index in [4.69, 9.17) is 0 Å². The maximum atomic E-state index is 13.2. The molecule has 0 saturated carbocycles. The predicted octanol–water partition coefficient (Wildman–Crippen LogP) is 2.88. The molecule has 20 heavy (non-hydrogen) atoms. The molecule has 0 aliphatic carbocycles. The van der Waals surface area contributed by atoms with E-state index in [-0.39, 0.29) is 17.1 Å². The molecule has 0 aromatic heterocycles. The standard InChI is InChI=1S/C16H25FN2O/c1-16(2,3)19-6-4-14(5-7-19)18-11-12-8-13(17)10-15(20)9-12/h8-10,14,18,20H,4-7,11H2,1-3H3. The first-order valence-corrected chi connectivity index (χ1v) is 7.31. The molecule has 1 saturated heterocycles. The minimum Gasteiger partial charge on any atom is -0.508 e. The van der Waals surface area contributed by atoms with E-state index in [2.05, 4.69) is 31.0 Å². The van der Waals surface area contributed by atoms with Crippen LogP contribution in [0.25, 0.3) is 0 Å². The van der Waals surface area contributed by atoms with Crippen molar-refractivity contribution in [3.63, 3.8) is 0 Å². The number of piperidine rings is 1. The summed E-state index contributed by atoms with van der Waals surface area (Å²) in [4.78, 5) is 2.50. The number of benzene rings is 1. The molecule has 4 heteroatoms. The molecule has 0 radical (unpaired) electrons. The molecule has 2 rings (SSSR count). The molecule has 0 spiro atoms. The van der Waals surface area contributed by atoms with Gasteiger partial charge in [0.15, 0.2) is 0 Å². The second-order valence-electron chi connectivity index (χ2n) is 6.63. The van der Waals surface area contributed by atoms with Crippen molar-refractivity contribution >= 4 is 0 Å². The lowest BCUT2D eigenvalue weighted by Gasteiger charge is -2.41. The van der Waals surface area contributed by atoms with Crippen LogP contribution in [0, 0.1) is 5.82 Å². The van der Waals surface area contributed by atoms with E-state index in [1.807, 2.05) is 0 Å². The van der Waals surface area contributed by atoms with Crippen LogP contribution in [0.15, 0.2) is 18.2 Å². The highest BCUT2D eigenvalue weighted by Gasteiger charge is 2.26. The second-order valence-corrected chi connectivity index (χ2v) is 6.63. The van der Waals surface area contributed by atoms with Gasteiger partial charge >= 0.3 is 0 Å². The normalized spacial score (nSPS) is 18.4. The van der Waals surface area contributed by atoms with Crippen LogP contribution in [-0.4, -0.2) is 34.7 Å². The third kappa shape index (κ3) is 4.18. The van der Waals surface area contributed by atoms with Crippen LogP contribution in [-0.2, 0) is 6.54 Å². The Labute approximate surface area is 120 Å². The van der Waals surface area contributed by atoms with Crippen molar-refractivity contribution < 1.29 is 9.50 Å². The monoisotopic (exact) mass is 280 g/mol. The van der Waals surface area contributed by atoms with E-state index in [9.17, 15) is 9.50 Å². The van der Waals surface area contributed by atoms with Crippen molar-refractivity contribution in [2.45, 2.75) is 51.7 Å². The summed E-state index contributed by atoms with van der Waals surface area (Å²) >= 11 is 0. The van der Waals surface area contributed by atoms with E-state index in [1.165, 1.54) is 6.07 Å². The Morgan fingerprint density at radius 1 is 1.25 bits per heavy atom. The van der Waals surface area contributed by atoms with E-state index < -0.39 is 0 Å². The average molecular weight is 280 g/mol. The third-order valence-corrected chi connectivity index (χ3v) is 3.98. The molecular formula is C16H25FN2O. The largest absolute Gasteiger partial charge is 0.508 e. The molecular weight excluding hydrogens is 255 g/mol. The fourth-order valence-electron chi connectivity index (χ4n) is 2.75. The summed E-state index contributed by atoms with van der Waals surface area (Å²) < 4.78 is 13.2. The second kappa shape index (κ2) is 6.10. The van der Waals surface area contributed by atoms with Crippen molar-refractivity contribution in [1.29, 1.82) is 0 Å².